The lowest BCUT2D eigenvalue weighted by molar-refractivity contribution is -0.929. The molecule has 0 aromatic heterocycles. The Morgan fingerprint density at radius 3 is 1.31 bits per heavy atom. The second-order valence-corrected chi connectivity index (χ2v) is 12.9. The first kappa shape index (κ1) is 40.1. The molecule has 0 radical (unpaired) electrons. The van der Waals surface area contributed by atoms with Crippen molar-refractivity contribution in [2.75, 3.05) is 26.2 Å². The Kier molecular flexibility index (Phi) is 24.4. The minimum absolute atomic E-state index is 0.442. The van der Waals surface area contributed by atoms with Crippen LogP contribution in [0.2, 0.25) is 0 Å². The van der Waals surface area contributed by atoms with Gasteiger partial charge in [-0.25, -0.2) is 0 Å². The molecular formula is C35H65NO6. The molecule has 0 rings (SSSR count). The van der Waals surface area contributed by atoms with Crippen molar-refractivity contribution in [2.24, 2.45) is 17.8 Å². The molecule has 3 unspecified atom stereocenters. The quantitative estimate of drug-likeness (QED) is 0.0501. The standard InChI is InChI=1S/C35H65NO6/c1-5-6-7-8-9-10-11-12-13-14-15-16-17-18-19-20-21-22-26-36(27-23-30(2)33(37)38,28-24-31(3)34(39)40)29-25-32(4)35(41)42/h14-15,30-32H,5-13,16-29H2,1-4H3,(H2-,37,38,39,40,41,42)/b15-14+. The summed E-state index contributed by atoms with van der Waals surface area (Å²) in [6, 6.07) is 0. The molecule has 7 heteroatoms. The average Bonchev–Trinajstić information content (AvgIpc) is 2.96. The summed E-state index contributed by atoms with van der Waals surface area (Å²) in [5, 5.41) is 30.2. The Bertz CT molecular complexity index is 677. The van der Waals surface area contributed by atoms with Gasteiger partial charge in [0, 0.05) is 31.1 Å². The Morgan fingerprint density at radius 2 is 0.929 bits per heavy atom. The third-order valence-corrected chi connectivity index (χ3v) is 9.00. The highest BCUT2D eigenvalue weighted by molar-refractivity contribution is 5.69. The molecule has 7 nitrogen and oxygen atoms in total. The van der Waals surface area contributed by atoms with E-state index < -0.39 is 35.7 Å². The number of hydrogen-bond donors (Lipinski definition) is 2. The predicted molar refractivity (Wildman–Crippen MR) is 170 cm³/mol. The molecule has 3 atom stereocenters. The van der Waals surface area contributed by atoms with Gasteiger partial charge in [-0.15, -0.1) is 0 Å². The predicted octanol–water partition coefficient (Wildman–Crippen LogP) is 7.62. The summed E-state index contributed by atoms with van der Waals surface area (Å²) in [4.78, 5) is 34.4. The fourth-order valence-corrected chi connectivity index (χ4v) is 5.49. The number of carboxylic acid groups (broad SMARTS) is 3. The zero-order valence-corrected chi connectivity index (χ0v) is 27.6. The molecule has 42 heavy (non-hydrogen) atoms. The monoisotopic (exact) mass is 595 g/mol. The first-order chi connectivity index (χ1) is 20.0. The van der Waals surface area contributed by atoms with Crippen LogP contribution in [-0.2, 0) is 14.4 Å². The highest BCUT2D eigenvalue weighted by Crippen LogP contribution is 2.22. The van der Waals surface area contributed by atoms with Crippen molar-refractivity contribution < 1.29 is 34.2 Å². The Morgan fingerprint density at radius 1 is 0.571 bits per heavy atom. The summed E-state index contributed by atoms with van der Waals surface area (Å²) >= 11 is 0. The number of carboxylic acids is 3. The number of nitrogens with zero attached hydrogens (tertiary/aromatic N) is 1. The number of carbonyl (C=O) groups is 3. The fraction of sp³-hybridized carbons (Fsp3) is 0.857. The summed E-state index contributed by atoms with van der Waals surface area (Å²) in [6.07, 6.45) is 26.2. The molecule has 0 amide bonds. The van der Waals surface area contributed by atoms with E-state index in [1.54, 1.807) is 20.8 Å². The molecule has 2 N–H and O–H groups in total. The maximum Gasteiger partial charge on any atom is 0.306 e. The lowest BCUT2D eigenvalue weighted by atomic mass is 10.0. The van der Waals surface area contributed by atoms with Gasteiger partial charge in [-0.3, -0.25) is 9.59 Å². The van der Waals surface area contributed by atoms with Crippen molar-refractivity contribution in [3.63, 3.8) is 0 Å². The zero-order chi connectivity index (χ0) is 31.6. The van der Waals surface area contributed by atoms with Crippen molar-refractivity contribution in [2.45, 2.75) is 150 Å². The van der Waals surface area contributed by atoms with Gasteiger partial charge >= 0.3 is 11.9 Å². The van der Waals surface area contributed by atoms with Crippen molar-refractivity contribution >= 4 is 17.9 Å². The largest absolute Gasteiger partial charge is 0.550 e. The van der Waals surface area contributed by atoms with E-state index in [1.807, 2.05) is 0 Å². The molecule has 0 aromatic rings. The first-order valence-electron chi connectivity index (χ1n) is 17.2. The summed E-state index contributed by atoms with van der Waals surface area (Å²) in [6.45, 7) is 9.96. The lowest BCUT2D eigenvalue weighted by Gasteiger charge is -2.41. The minimum atomic E-state index is -1.08. The van der Waals surface area contributed by atoms with Gasteiger partial charge in [0.15, 0.2) is 0 Å². The summed E-state index contributed by atoms with van der Waals surface area (Å²) in [5.41, 5.74) is 0. The molecule has 246 valence electrons. The van der Waals surface area contributed by atoms with Crippen LogP contribution in [0.15, 0.2) is 12.2 Å². The van der Waals surface area contributed by atoms with Crippen LogP contribution in [0, 0.1) is 17.8 Å². The summed E-state index contributed by atoms with van der Waals surface area (Å²) in [5.74, 6) is -4.32. The second kappa shape index (κ2) is 25.6. The number of allylic oxidation sites excluding steroid dienone is 2. The third-order valence-electron chi connectivity index (χ3n) is 9.00. The molecule has 0 aliphatic carbocycles. The van der Waals surface area contributed by atoms with Gasteiger partial charge in [0.2, 0.25) is 0 Å². The van der Waals surface area contributed by atoms with E-state index in [0.29, 0.717) is 43.4 Å². The highest BCUT2D eigenvalue weighted by Gasteiger charge is 2.30. The van der Waals surface area contributed by atoms with Crippen molar-refractivity contribution in [1.29, 1.82) is 0 Å². The second-order valence-electron chi connectivity index (χ2n) is 12.9. The number of carbonyl (C=O) groups excluding carboxylic acids is 1. The number of rotatable bonds is 30. The highest BCUT2D eigenvalue weighted by atomic mass is 16.4. The summed E-state index contributed by atoms with van der Waals surface area (Å²) in [7, 11) is 0. The van der Waals surface area contributed by atoms with E-state index in [-0.39, 0.29) is 0 Å². The van der Waals surface area contributed by atoms with Gasteiger partial charge in [-0.2, -0.15) is 0 Å². The number of quaternary nitrogens is 1. The van der Waals surface area contributed by atoms with Crippen LogP contribution in [-0.4, -0.2) is 58.8 Å². The van der Waals surface area contributed by atoms with Gasteiger partial charge in [-0.05, 0) is 38.5 Å². The van der Waals surface area contributed by atoms with Crippen LogP contribution in [0.25, 0.3) is 0 Å². The number of aliphatic carboxylic acids is 3. The molecule has 0 saturated carbocycles. The molecule has 0 fully saturated rings. The molecule has 0 saturated heterocycles. The molecule has 0 spiro atoms. The molecule has 0 heterocycles. The topological polar surface area (TPSA) is 115 Å². The fourth-order valence-electron chi connectivity index (χ4n) is 5.49. The van der Waals surface area contributed by atoms with Gasteiger partial charge in [0.05, 0.1) is 38.0 Å². The maximum atomic E-state index is 11.5. The van der Waals surface area contributed by atoms with Crippen LogP contribution in [0.1, 0.15) is 150 Å². The Hall–Kier alpha value is -1.89. The lowest BCUT2D eigenvalue weighted by Crippen LogP contribution is -2.52. The van der Waals surface area contributed by atoms with Gasteiger partial charge < -0.3 is 24.6 Å². The third kappa shape index (κ3) is 21.8. The minimum Gasteiger partial charge on any atom is -0.550 e. The number of unbranched alkanes of at least 4 members (excludes halogenated alkanes) is 14. The van der Waals surface area contributed by atoms with Crippen LogP contribution in [0.3, 0.4) is 0 Å². The summed E-state index contributed by atoms with van der Waals surface area (Å²) < 4.78 is 0.580. The maximum absolute atomic E-state index is 11.5. The average molecular weight is 596 g/mol. The smallest absolute Gasteiger partial charge is 0.306 e. The van der Waals surface area contributed by atoms with Crippen LogP contribution in [0.4, 0.5) is 0 Å². The van der Waals surface area contributed by atoms with Crippen LogP contribution >= 0.6 is 0 Å². The molecule has 0 aliphatic heterocycles. The van der Waals surface area contributed by atoms with E-state index in [1.165, 1.54) is 77.0 Å². The van der Waals surface area contributed by atoms with Crippen molar-refractivity contribution in [3.05, 3.63) is 12.2 Å². The van der Waals surface area contributed by atoms with Gasteiger partial charge in [0.1, 0.15) is 0 Å². The number of hydrogen-bond acceptors (Lipinski definition) is 4. The van der Waals surface area contributed by atoms with E-state index in [0.717, 1.165) is 32.2 Å². The van der Waals surface area contributed by atoms with E-state index in [4.69, 9.17) is 0 Å². The van der Waals surface area contributed by atoms with E-state index >= 15 is 0 Å². The SMILES string of the molecule is CCCCCCCCCC/C=C/CCCCCCCC[N+](CCC(C)C(=O)[O-])(CCC(C)C(=O)O)CCC(C)C(=O)O. The first-order valence-corrected chi connectivity index (χ1v) is 17.2. The Labute approximate surface area is 257 Å². The van der Waals surface area contributed by atoms with E-state index in [2.05, 4.69) is 19.1 Å². The molecular weight excluding hydrogens is 530 g/mol. The van der Waals surface area contributed by atoms with Gasteiger partial charge in [0.25, 0.3) is 0 Å². The molecule has 0 aromatic carbocycles. The van der Waals surface area contributed by atoms with Gasteiger partial charge in [-0.1, -0.05) is 104 Å². The van der Waals surface area contributed by atoms with Crippen LogP contribution in [0.5, 0.6) is 0 Å². The normalized spacial score (nSPS) is 15.3. The molecule has 0 bridgehead atoms. The Balaban J connectivity index is 4.55. The van der Waals surface area contributed by atoms with Crippen LogP contribution < -0.4 is 5.11 Å². The zero-order valence-electron chi connectivity index (χ0n) is 27.6. The van der Waals surface area contributed by atoms with Crippen molar-refractivity contribution in [1.82, 2.24) is 0 Å². The van der Waals surface area contributed by atoms with E-state index in [9.17, 15) is 29.7 Å². The van der Waals surface area contributed by atoms with Crippen molar-refractivity contribution in [3.8, 4) is 0 Å². The molecule has 0 aliphatic rings.